The molecule has 0 aromatic heterocycles. The van der Waals surface area contributed by atoms with Gasteiger partial charge in [0.2, 0.25) is 5.91 Å². The van der Waals surface area contributed by atoms with Gasteiger partial charge < -0.3 is 15.8 Å². The lowest BCUT2D eigenvalue weighted by Gasteiger charge is -2.26. The average molecular weight is 291 g/mol. The Morgan fingerprint density at radius 3 is 2.86 bits per heavy atom. The summed E-state index contributed by atoms with van der Waals surface area (Å²) in [5.41, 5.74) is 8.25. The highest BCUT2D eigenvalue weighted by atomic mass is 16.5. The van der Waals surface area contributed by atoms with E-state index in [1.54, 1.807) is 0 Å². The number of carbonyl (C=O) groups is 1. The molecule has 0 atom stereocenters. The number of ether oxygens (including phenoxy) is 1. The molecule has 116 valence electrons. The van der Waals surface area contributed by atoms with Gasteiger partial charge in [0.05, 0.1) is 6.54 Å². The highest BCUT2D eigenvalue weighted by Gasteiger charge is 2.17. The van der Waals surface area contributed by atoms with Crippen LogP contribution in [0.25, 0.3) is 0 Å². The third-order valence-electron chi connectivity index (χ3n) is 3.97. The molecule has 0 saturated carbocycles. The number of amides is 1. The molecular weight excluding hydrogens is 266 g/mol. The molecule has 1 amide bonds. The molecule has 0 bridgehead atoms. The molecule has 5 nitrogen and oxygen atoms in total. The maximum Gasteiger partial charge on any atom is 0.238 e. The highest BCUT2D eigenvalue weighted by molar-refractivity contribution is 5.93. The lowest BCUT2D eigenvalue weighted by atomic mass is 10.00. The van der Waals surface area contributed by atoms with Crippen molar-refractivity contribution in [1.29, 1.82) is 0 Å². The fourth-order valence-electron chi connectivity index (χ4n) is 2.66. The van der Waals surface area contributed by atoms with Crippen LogP contribution in [0.4, 0.5) is 11.4 Å². The van der Waals surface area contributed by atoms with Crippen molar-refractivity contribution in [3.8, 4) is 0 Å². The second-order valence-corrected chi connectivity index (χ2v) is 5.82. The number of rotatable bonds is 5. The Morgan fingerprint density at radius 2 is 2.14 bits per heavy atom. The van der Waals surface area contributed by atoms with Gasteiger partial charge in [-0.15, -0.1) is 0 Å². The van der Waals surface area contributed by atoms with Crippen LogP contribution < -0.4 is 11.1 Å². The molecule has 0 radical (unpaired) electrons. The molecule has 5 heteroatoms. The van der Waals surface area contributed by atoms with Crippen LogP contribution in [0.15, 0.2) is 18.2 Å². The zero-order valence-corrected chi connectivity index (χ0v) is 12.9. The average Bonchev–Trinajstić information content (AvgIpc) is 2.44. The number of nitrogens with one attached hydrogen (secondary N) is 1. The highest BCUT2D eigenvalue weighted by Crippen LogP contribution is 2.20. The third-order valence-corrected chi connectivity index (χ3v) is 3.97. The summed E-state index contributed by atoms with van der Waals surface area (Å²) < 4.78 is 5.36. The Labute approximate surface area is 126 Å². The molecule has 0 unspecified atom stereocenters. The molecule has 1 heterocycles. The summed E-state index contributed by atoms with van der Waals surface area (Å²) in [7, 11) is 1.99. The fourth-order valence-corrected chi connectivity index (χ4v) is 2.66. The van der Waals surface area contributed by atoms with Crippen molar-refractivity contribution in [3.63, 3.8) is 0 Å². The van der Waals surface area contributed by atoms with Crippen LogP contribution in [0.3, 0.4) is 0 Å². The van der Waals surface area contributed by atoms with Gasteiger partial charge in [-0.05, 0) is 50.4 Å². The molecule has 1 aromatic rings. The minimum absolute atomic E-state index is 0.00161. The maximum absolute atomic E-state index is 12.1. The lowest BCUT2D eigenvalue weighted by molar-refractivity contribution is -0.117. The lowest BCUT2D eigenvalue weighted by Crippen LogP contribution is -2.35. The topological polar surface area (TPSA) is 67.6 Å². The van der Waals surface area contributed by atoms with E-state index in [-0.39, 0.29) is 5.91 Å². The summed E-state index contributed by atoms with van der Waals surface area (Å²) >= 11 is 0. The van der Waals surface area contributed by atoms with Crippen LogP contribution in [-0.2, 0) is 9.53 Å². The Kier molecular flexibility index (Phi) is 5.59. The van der Waals surface area contributed by atoms with Gasteiger partial charge in [-0.25, -0.2) is 0 Å². The first kappa shape index (κ1) is 15.8. The van der Waals surface area contributed by atoms with E-state index in [1.165, 1.54) is 0 Å². The number of anilines is 2. The number of nitrogens with zero attached hydrogens (tertiary/aromatic N) is 1. The molecule has 1 aromatic carbocycles. The van der Waals surface area contributed by atoms with Crippen LogP contribution in [0, 0.1) is 12.8 Å². The van der Waals surface area contributed by atoms with Gasteiger partial charge in [-0.1, -0.05) is 6.07 Å². The number of likely N-dealkylation sites (N-methyl/N-ethyl adjacent to an activating group) is 1. The normalized spacial score (nSPS) is 16.1. The summed E-state index contributed by atoms with van der Waals surface area (Å²) in [5, 5.41) is 2.93. The SMILES string of the molecule is Cc1c(N)cccc1NC(=O)CN(C)CC1CCOCC1. The molecule has 2 rings (SSSR count). The molecule has 1 aliphatic rings. The van der Waals surface area contributed by atoms with Gasteiger partial charge in [-0.2, -0.15) is 0 Å². The van der Waals surface area contributed by atoms with Gasteiger partial charge in [-0.3, -0.25) is 9.69 Å². The van der Waals surface area contributed by atoms with Crippen LogP contribution in [0.2, 0.25) is 0 Å². The zero-order chi connectivity index (χ0) is 15.2. The molecule has 3 N–H and O–H groups in total. The minimum Gasteiger partial charge on any atom is -0.398 e. The second-order valence-electron chi connectivity index (χ2n) is 5.82. The summed E-state index contributed by atoms with van der Waals surface area (Å²) in [6.45, 7) is 4.93. The Morgan fingerprint density at radius 1 is 1.43 bits per heavy atom. The molecule has 1 saturated heterocycles. The largest absolute Gasteiger partial charge is 0.398 e. The minimum atomic E-state index is -0.00161. The number of hydrogen-bond acceptors (Lipinski definition) is 4. The summed E-state index contributed by atoms with van der Waals surface area (Å²) in [6.07, 6.45) is 2.17. The third kappa shape index (κ3) is 4.72. The van der Waals surface area contributed by atoms with Crippen molar-refractivity contribution in [1.82, 2.24) is 4.90 Å². The van der Waals surface area contributed by atoms with Crippen molar-refractivity contribution in [2.45, 2.75) is 19.8 Å². The number of benzene rings is 1. The maximum atomic E-state index is 12.1. The van der Waals surface area contributed by atoms with Crippen LogP contribution in [0.1, 0.15) is 18.4 Å². The first-order chi connectivity index (χ1) is 10.1. The smallest absolute Gasteiger partial charge is 0.238 e. The first-order valence-corrected chi connectivity index (χ1v) is 7.47. The number of nitrogen functional groups attached to an aromatic ring is 1. The monoisotopic (exact) mass is 291 g/mol. The molecule has 0 spiro atoms. The van der Waals surface area contributed by atoms with Gasteiger partial charge >= 0.3 is 0 Å². The Bertz CT molecular complexity index is 484. The number of nitrogens with two attached hydrogens (primary N) is 1. The van der Waals surface area contributed by atoms with E-state index in [9.17, 15) is 4.79 Å². The second kappa shape index (κ2) is 7.43. The van der Waals surface area contributed by atoms with Crippen LogP contribution >= 0.6 is 0 Å². The predicted molar refractivity (Wildman–Crippen MR) is 85.3 cm³/mol. The molecular formula is C16H25N3O2. The quantitative estimate of drug-likeness (QED) is 0.813. The van der Waals surface area contributed by atoms with E-state index < -0.39 is 0 Å². The van der Waals surface area contributed by atoms with E-state index in [0.29, 0.717) is 18.2 Å². The zero-order valence-electron chi connectivity index (χ0n) is 12.9. The van der Waals surface area contributed by atoms with Crippen LogP contribution in [0.5, 0.6) is 0 Å². The van der Waals surface area contributed by atoms with Crippen molar-refractivity contribution in [3.05, 3.63) is 23.8 Å². The summed E-state index contributed by atoms with van der Waals surface area (Å²) in [6, 6.07) is 5.56. The summed E-state index contributed by atoms with van der Waals surface area (Å²) in [4.78, 5) is 14.2. The Balaban J connectivity index is 1.82. The van der Waals surface area contributed by atoms with Crippen LogP contribution in [-0.4, -0.2) is 44.2 Å². The van der Waals surface area contributed by atoms with Gasteiger partial charge in [0, 0.05) is 31.1 Å². The van der Waals surface area contributed by atoms with Gasteiger partial charge in [0.15, 0.2) is 0 Å². The fraction of sp³-hybridized carbons (Fsp3) is 0.562. The van der Waals surface area contributed by atoms with E-state index in [1.807, 2.05) is 32.2 Å². The molecule has 1 aliphatic heterocycles. The predicted octanol–water partition coefficient (Wildman–Crippen LogP) is 1.87. The summed E-state index contributed by atoms with van der Waals surface area (Å²) in [5.74, 6) is 0.629. The van der Waals surface area contributed by atoms with Crippen molar-refractivity contribution >= 4 is 17.3 Å². The van der Waals surface area contributed by atoms with E-state index >= 15 is 0 Å². The standard InChI is InChI=1S/C16H25N3O2/c1-12-14(17)4-3-5-15(12)18-16(20)11-19(2)10-13-6-8-21-9-7-13/h3-5,13H,6-11,17H2,1-2H3,(H,18,20). The van der Waals surface area contributed by atoms with Gasteiger partial charge in [0.25, 0.3) is 0 Å². The van der Waals surface area contributed by atoms with Crippen molar-refractivity contribution in [2.75, 3.05) is 44.4 Å². The van der Waals surface area contributed by atoms with Gasteiger partial charge in [0.1, 0.15) is 0 Å². The Hall–Kier alpha value is -1.59. The molecule has 21 heavy (non-hydrogen) atoms. The molecule has 0 aliphatic carbocycles. The first-order valence-electron chi connectivity index (χ1n) is 7.47. The number of carbonyl (C=O) groups excluding carboxylic acids is 1. The van der Waals surface area contributed by atoms with E-state index in [0.717, 1.165) is 43.9 Å². The van der Waals surface area contributed by atoms with Crippen molar-refractivity contribution < 1.29 is 9.53 Å². The molecule has 1 fully saturated rings. The van der Waals surface area contributed by atoms with Crippen molar-refractivity contribution in [2.24, 2.45) is 5.92 Å². The number of hydrogen-bond donors (Lipinski definition) is 2. The van der Waals surface area contributed by atoms with E-state index in [4.69, 9.17) is 10.5 Å². The van der Waals surface area contributed by atoms with E-state index in [2.05, 4.69) is 10.2 Å².